The number of hydrogen-bond acceptors (Lipinski definition) is 2. The Morgan fingerprint density at radius 3 is 2.32 bits per heavy atom. The van der Waals surface area contributed by atoms with Crippen molar-refractivity contribution in [1.29, 1.82) is 0 Å². The number of fused-ring (bicyclic) bond motifs is 1. The maximum absolute atomic E-state index is 12.2. The van der Waals surface area contributed by atoms with E-state index in [1.807, 2.05) is 48.5 Å². The Hall–Kier alpha value is -2.55. The molecule has 0 bridgehead atoms. The number of carbonyl (C=O) groups is 1. The van der Waals surface area contributed by atoms with Crippen LogP contribution in [0.4, 0.5) is 0 Å². The van der Waals surface area contributed by atoms with E-state index in [4.69, 9.17) is 4.74 Å². The molecule has 3 nitrogen and oxygen atoms in total. The lowest BCUT2D eigenvalue weighted by Gasteiger charge is -2.18. The minimum atomic E-state index is -0.375. The van der Waals surface area contributed by atoms with Gasteiger partial charge in [0.15, 0.2) is 0 Å². The molecule has 0 saturated heterocycles. The minimum Gasteiger partial charge on any atom is -0.422 e. The van der Waals surface area contributed by atoms with Gasteiger partial charge in [-0.3, -0.25) is 0 Å². The number of aromatic nitrogens is 1. The summed E-state index contributed by atoms with van der Waals surface area (Å²) in [5.41, 5.74) is 2.68. The molecule has 112 valence electrons. The molecule has 3 aromatic rings. The second-order valence-corrected chi connectivity index (χ2v) is 6.43. The molecule has 0 aliphatic rings. The molecular formula is C19H19NO2. The van der Waals surface area contributed by atoms with Crippen molar-refractivity contribution < 1.29 is 9.53 Å². The molecule has 2 aromatic carbocycles. The van der Waals surface area contributed by atoms with E-state index in [0.29, 0.717) is 11.4 Å². The summed E-state index contributed by atoms with van der Waals surface area (Å²) in [5.74, 6) is 0.177. The van der Waals surface area contributed by atoms with Crippen LogP contribution in [0.1, 0.15) is 36.8 Å². The summed E-state index contributed by atoms with van der Waals surface area (Å²) in [6, 6.07) is 17.2. The third kappa shape index (κ3) is 2.89. The van der Waals surface area contributed by atoms with Crippen molar-refractivity contribution in [2.45, 2.75) is 26.2 Å². The van der Waals surface area contributed by atoms with Gasteiger partial charge in [-0.25, -0.2) is 4.79 Å². The summed E-state index contributed by atoms with van der Waals surface area (Å²) >= 11 is 0. The van der Waals surface area contributed by atoms with E-state index in [-0.39, 0.29) is 11.4 Å². The van der Waals surface area contributed by atoms with Crippen molar-refractivity contribution in [3.8, 4) is 5.75 Å². The van der Waals surface area contributed by atoms with Gasteiger partial charge in [0.05, 0.1) is 0 Å². The van der Waals surface area contributed by atoms with E-state index in [9.17, 15) is 4.79 Å². The third-order valence-corrected chi connectivity index (χ3v) is 3.68. The Kier molecular flexibility index (Phi) is 3.49. The monoisotopic (exact) mass is 293 g/mol. The Morgan fingerprint density at radius 1 is 1.00 bits per heavy atom. The fourth-order valence-electron chi connectivity index (χ4n) is 2.37. The number of hydrogen-bond donors (Lipinski definition) is 1. The molecule has 0 amide bonds. The zero-order chi connectivity index (χ0) is 15.7. The number of ether oxygens (including phenoxy) is 1. The van der Waals surface area contributed by atoms with Gasteiger partial charge in [-0.15, -0.1) is 0 Å². The first-order valence-corrected chi connectivity index (χ1v) is 7.34. The third-order valence-electron chi connectivity index (χ3n) is 3.68. The highest BCUT2D eigenvalue weighted by Gasteiger charge is 2.15. The molecule has 0 fully saturated rings. The van der Waals surface area contributed by atoms with Crippen LogP contribution in [-0.4, -0.2) is 11.0 Å². The minimum absolute atomic E-state index is 0.0831. The number of para-hydroxylation sites is 1. The number of rotatable bonds is 2. The van der Waals surface area contributed by atoms with E-state index in [2.05, 4.69) is 25.8 Å². The number of esters is 1. The Balaban J connectivity index is 1.79. The van der Waals surface area contributed by atoms with Crippen LogP contribution in [0.15, 0.2) is 54.6 Å². The predicted molar refractivity (Wildman–Crippen MR) is 88.4 cm³/mol. The van der Waals surface area contributed by atoms with Gasteiger partial charge in [-0.05, 0) is 35.2 Å². The Morgan fingerprint density at radius 2 is 1.68 bits per heavy atom. The van der Waals surface area contributed by atoms with E-state index in [1.54, 1.807) is 6.07 Å². The number of carbonyl (C=O) groups excluding carboxylic acids is 1. The smallest absolute Gasteiger partial charge is 0.360 e. The SMILES string of the molecule is CC(C)(C)c1ccc(OC(=O)c2cc3ccccc3[nH]2)cc1. The molecule has 0 radical (unpaired) electrons. The molecule has 3 heteroatoms. The van der Waals surface area contributed by atoms with Crippen molar-refractivity contribution >= 4 is 16.9 Å². The normalized spacial score (nSPS) is 11.6. The number of aromatic amines is 1. The topological polar surface area (TPSA) is 42.1 Å². The maximum Gasteiger partial charge on any atom is 0.360 e. The highest BCUT2D eigenvalue weighted by molar-refractivity contribution is 5.95. The van der Waals surface area contributed by atoms with Crippen LogP contribution >= 0.6 is 0 Å². The van der Waals surface area contributed by atoms with Crippen LogP contribution in [0.5, 0.6) is 5.75 Å². The fraction of sp³-hybridized carbons (Fsp3) is 0.211. The van der Waals surface area contributed by atoms with Crippen molar-refractivity contribution in [3.05, 3.63) is 65.9 Å². The first-order valence-electron chi connectivity index (χ1n) is 7.34. The first kappa shape index (κ1) is 14.4. The van der Waals surface area contributed by atoms with Gasteiger partial charge in [0, 0.05) is 10.9 Å². The Labute approximate surface area is 129 Å². The number of nitrogens with one attached hydrogen (secondary N) is 1. The van der Waals surface area contributed by atoms with E-state index < -0.39 is 0 Å². The average Bonchev–Trinajstić information content (AvgIpc) is 2.91. The molecule has 0 unspecified atom stereocenters. The first-order chi connectivity index (χ1) is 10.4. The van der Waals surface area contributed by atoms with Crippen LogP contribution in [0, 0.1) is 0 Å². The van der Waals surface area contributed by atoms with Gasteiger partial charge >= 0.3 is 5.97 Å². The summed E-state index contributed by atoms with van der Waals surface area (Å²) in [6.45, 7) is 6.45. The molecule has 0 saturated carbocycles. The average molecular weight is 293 g/mol. The molecule has 1 N–H and O–H groups in total. The summed E-state index contributed by atoms with van der Waals surface area (Å²) in [7, 11) is 0. The van der Waals surface area contributed by atoms with Crippen molar-refractivity contribution in [2.24, 2.45) is 0 Å². The van der Waals surface area contributed by atoms with Gasteiger partial charge in [0.2, 0.25) is 0 Å². The zero-order valence-electron chi connectivity index (χ0n) is 13.0. The van der Waals surface area contributed by atoms with Gasteiger partial charge < -0.3 is 9.72 Å². The number of benzene rings is 2. The maximum atomic E-state index is 12.2. The summed E-state index contributed by atoms with van der Waals surface area (Å²) in [6.07, 6.45) is 0. The molecule has 1 aromatic heterocycles. The lowest BCUT2D eigenvalue weighted by atomic mass is 9.87. The molecule has 0 atom stereocenters. The highest BCUT2D eigenvalue weighted by Crippen LogP contribution is 2.25. The summed E-state index contributed by atoms with van der Waals surface area (Å²) in [5, 5.41) is 0.998. The van der Waals surface area contributed by atoms with E-state index in [0.717, 1.165) is 10.9 Å². The highest BCUT2D eigenvalue weighted by atomic mass is 16.5. The zero-order valence-corrected chi connectivity index (χ0v) is 13.0. The summed E-state index contributed by atoms with van der Waals surface area (Å²) in [4.78, 5) is 15.3. The molecule has 22 heavy (non-hydrogen) atoms. The van der Waals surface area contributed by atoms with Crippen molar-refractivity contribution in [1.82, 2.24) is 4.98 Å². The van der Waals surface area contributed by atoms with Gasteiger partial charge in [0.1, 0.15) is 11.4 Å². The molecule has 3 rings (SSSR count). The standard InChI is InChI=1S/C19H19NO2/c1-19(2,3)14-8-10-15(11-9-14)22-18(21)17-12-13-6-4-5-7-16(13)20-17/h4-12,20H,1-3H3. The van der Waals surface area contributed by atoms with Crippen molar-refractivity contribution in [2.75, 3.05) is 0 Å². The molecule has 0 spiro atoms. The van der Waals surface area contributed by atoms with Gasteiger partial charge in [-0.2, -0.15) is 0 Å². The quantitative estimate of drug-likeness (QED) is 0.550. The summed E-state index contributed by atoms with van der Waals surface area (Å²) < 4.78 is 5.43. The van der Waals surface area contributed by atoms with Crippen molar-refractivity contribution in [3.63, 3.8) is 0 Å². The molecule has 1 heterocycles. The second-order valence-electron chi connectivity index (χ2n) is 6.43. The largest absolute Gasteiger partial charge is 0.422 e. The lowest BCUT2D eigenvalue weighted by Crippen LogP contribution is -2.12. The van der Waals surface area contributed by atoms with E-state index in [1.165, 1.54) is 5.56 Å². The lowest BCUT2D eigenvalue weighted by molar-refractivity contribution is 0.0729. The van der Waals surface area contributed by atoms with Gasteiger partial charge in [-0.1, -0.05) is 51.1 Å². The predicted octanol–water partition coefficient (Wildman–Crippen LogP) is 4.68. The number of H-pyrrole nitrogens is 1. The molecular weight excluding hydrogens is 274 g/mol. The van der Waals surface area contributed by atoms with Crippen LogP contribution in [0.3, 0.4) is 0 Å². The van der Waals surface area contributed by atoms with Gasteiger partial charge in [0.25, 0.3) is 0 Å². The van der Waals surface area contributed by atoms with Crippen LogP contribution in [0.25, 0.3) is 10.9 Å². The van der Waals surface area contributed by atoms with Crippen LogP contribution in [0.2, 0.25) is 0 Å². The molecule has 0 aliphatic carbocycles. The van der Waals surface area contributed by atoms with Crippen LogP contribution in [-0.2, 0) is 5.41 Å². The second kappa shape index (κ2) is 5.34. The Bertz CT molecular complexity index is 774. The van der Waals surface area contributed by atoms with E-state index >= 15 is 0 Å². The van der Waals surface area contributed by atoms with Crippen LogP contribution < -0.4 is 4.74 Å². The molecule has 0 aliphatic heterocycles. The fourth-order valence-corrected chi connectivity index (χ4v) is 2.37.